The quantitative estimate of drug-likeness (QED) is 0.153. The van der Waals surface area contributed by atoms with Crippen molar-refractivity contribution < 1.29 is 0 Å². The van der Waals surface area contributed by atoms with Crippen LogP contribution in [0.25, 0.3) is 66.1 Å². The molecule has 0 saturated heterocycles. The van der Waals surface area contributed by atoms with E-state index in [2.05, 4.69) is 261 Å². The highest BCUT2D eigenvalue weighted by Gasteiger charge is 2.59. The lowest BCUT2D eigenvalue weighted by molar-refractivity contribution is 0.195. The average Bonchev–Trinajstić information content (AvgIpc) is 3.95. The summed E-state index contributed by atoms with van der Waals surface area (Å²) in [6, 6.07) is 71.1. The number of fused-ring (bicyclic) bond motifs is 8. The molecule has 13 rings (SSSR count). The Morgan fingerprint density at radius 1 is 0.329 bits per heavy atom. The Morgan fingerprint density at radius 3 is 1.03 bits per heavy atom. The lowest BCUT2D eigenvalue weighted by Crippen LogP contribution is -2.54. The van der Waals surface area contributed by atoms with E-state index in [0.29, 0.717) is 0 Å². The Hall–Kier alpha value is -6.90. The van der Waals surface area contributed by atoms with E-state index in [1.165, 1.54) is 162 Å². The summed E-state index contributed by atoms with van der Waals surface area (Å²) >= 11 is 0. The maximum atomic E-state index is 2.69. The van der Waals surface area contributed by atoms with Gasteiger partial charge < -0.3 is 9.80 Å². The minimum Gasteiger partial charge on any atom is -0.334 e. The van der Waals surface area contributed by atoms with Gasteiger partial charge in [0, 0.05) is 33.6 Å². The highest BCUT2D eigenvalue weighted by atomic mass is 15.3. The predicted molar refractivity (Wildman–Crippen MR) is 326 cm³/mol. The van der Waals surface area contributed by atoms with E-state index in [4.69, 9.17) is 0 Å². The molecule has 382 valence electrons. The van der Waals surface area contributed by atoms with Crippen molar-refractivity contribution >= 4 is 44.3 Å². The standard InChI is InChI=1S/C74H76N2/c1-69(2,3)55-33-25-49(26-34-55)67-59-37-29-52(54-32-40-66-64(48-54)72(8)42-18-20-44-74(72,10)76(66)58-23-15-12-16-24-58)46-62(59)68(50-27-35-56(36-28-50)70(4,5)6)60-38-30-51(45-61(60)67)53-31-39-65-63(47-53)71(7)41-17-19-43-73(71,9)75(65)57-21-13-11-14-22-57/h11-16,21-40,45-48H,17-20,41-44H2,1-10H3. The average molecular weight is 993 g/mol. The molecule has 0 radical (unpaired) electrons. The van der Waals surface area contributed by atoms with Gasteiger partial charge >= 0.3 is 0 Å². The van der Waals surface area contributed by atoms with Crippen LogP contribution >= 0.6 is 0 Å². The molecular formula is C74H76N2. The van der Waals surface area contributed by atoms with E-state index in [0.717, 1.165) is 0 Å². The molecular weight excluding hydrogens is 917 g/mol. The van der Waals surface area contributed by atoms with E-state index < -0.39 is 0 Å². The number of benzene rings is 9. The van der Waals surface area contributed by atoms with Gasteiger partial charge in [-0.2, -0.15) is 0 Å². The first-order valence-corrected chi connectivity index (χ1v) is 28.7. The highest BCUT2D eigenvalue weighted by Crippen LogP contribution is 2.63. The first kappa shape index (κ1) is 48.7. The van der Waals surface area contributed by atoms with Gasteiger partial charge in [0.15, 0.2) is 0 Å². The van der Waals surface area contributed by atoms with Crippen molar-refractivity contribution in [2.45, 2.75) is 153 Å². The van der Waals surface area contributed by atoms with Crippen molar-refractivity contribution in [1.29, 1.82) is 0 Å². The van der Waals surface area contributed by atoms with Crippen LogP contribution in [0.15, 0.2) is 182 Å². The molecule has 0 amide bonds. The number of para-hydroxylation sites is 2. The minimum absolute atomic E-state index is 0.00470. The summed E-state index contributed by atoms with van der Waals surface area (Å²) in [4.78, 5) is 5.38. The first-order chi connectivity index (χ1) is 36.4. The summed E-state index contributed by atoms with van der Waals surface area (Å²) in [5, 5.41) is 5.15. The number of anilines is 4. The molecule has 0 spiro atoms. The Labute approximate surface area is 453 Å². The van der Waals surface area contributed by atoms with Gasteiger partial charge in [-0.25, -0.2) is 0 Å². The van der Waals surface area contributed by atoms with Crippen molar-refractivity contribution in [3.05, 3.63) is 204 Å². The molecule has 2 aliphatic heterocycles. The molecule has 0 N–H and O–H groups in total. The van der Waals surface area contributed by atoms with Crippen molar-refractivity contribution in [2.24, 2.45) is 0 Å². The number of hydrogen-bond acceptors (Lipinski definition) is 2. The van der Waals surface area contributed by atoms with Crippen LogP contribution in [0.3, 0.4) is 0 Å². The zero-order chi connectivity index (χ0) is 52.6. The molecule has 9 aromatic rings. The van der Waals surface area contributed by atoms with Gasteiger partial charge in [-0.1, -0.05) is 202 Å². The second-order valence-electron chi connectivity index (χ2n) is 26.4. The Balaban J connectivity index is 1.04. The SMILES string of the molecule is CC(C)(C)c1ccc(-c2c3ccc(-c4ccc5c(c4)C4(C)CCCCC4(C)N5c4ccccc4)cc3c(-c3ccc(C(C)(C)C)cc3)c3ccc(-c4ccc5c(c4)C4(C)CCCCC4(C)N5c4ccccc4)cc23)cc1. The summed E-state index contributed by atoms with van der Waals surface area (Å²) < 4.78 is 0. The third kappa shape index (κ3) is 7.25. The van der Waals surface area contributed by atoms with Gasteiger partial charge in [-0.3, -0.25) is 0 Å². The molecule has 2 fully saturated rings. The monoisotopic (exact) mass is 993 g/mol. The van der Waals surface area contributed by atoms with Crippen LogP contribution in [0, 0.1) is 0 Å². The van der Waals surface area contributed by atoms with Gasteiger partial charge in [0.05, 0.1) is 11.1 Å². The van der Waals surface area contributed by atoms with Crippen molar-refractivity contribution in [3.8, 4) is 44.5 Å². The number of rotatable bonds is 6. The van der Waals surface area contributed by atoms with Crippen molar-refractivity contribution in [2.75, 3.05) is 9.80 Å². The number of hydrogen-bond donors (Lipinski definition) is 0. The maximum absolute atomic E-state index is 2.69. The Kier molecular flexibility index (Phi) is 11.1. The predicted octanol–water partition coefficient (Wildman–Crippen LogP) is 20.7. The third-order valence-corrected chi connectivity index (χ3v) is 20.1. The zero-order valence-corrected chi connectivity index (χ0v) is 46.9. The lowest BCUT2D eigenvalue weighted by atomic mass is 9.61. The molecule has 76 heavy (non-hydrogen) atoms. The fraction of sp³-hybridized carbons (Fsp3) is 0.324. The lowest BCUT2D eigenvalue weighted by Gasteiger charge is -2.50. The maximum Gasteiger partial charge on any atom is 0.0517 e. The van der Waals surface area contributed by atoms with Crippen LogP contribution in [0.5, 0.6) is 0 Å². The molecule has 2 nitrogen and oxygen atoms in total. The second-order valence-corrected chi connectivity index (χ2v) is 26.4. The fourth-order valence-electron chi connectivity index (χ4n) is 15.3. The molecule has 2 heteroatoms. The normalized spacial score (nSPS) is 23.1. The topological polar surface area (TPSA) is 6.48 Å². The van der Waals surface area contributed by atoms with Gasteiger partial charge in [-0.05, 0) is 199 Å². The molecule has 4 atom stereocenters. The molecule has 4 unspecified atom stereocenters. The molecule has 9 aromatic carbocycles. The van der Waals surface area contributed by atoms with Crippen LogP contribution in [0.1, 0.15) is 143 Å². The van der Waals surface area contributed by atoms with E-state index in [-0.39, 0.29) is 32.7 Å². The van der Waals surface area contributed by atoms with E-state index >= 15 is 0 Å². The van der Waals surface area contributed by atoms with Gasteiger partial charge in [-0.15, -0.1) is 0 Å². The Bertz CT molecular complexity index is 3480. The van der Waals surface area contributed by atoms with Gasteiger partial charge in [0.2, 0.25) is 0 Å². The summed E-state index contributed by atoms with van der Waals surface area (Å²) in [6.07, 6.45) is 9.79. The van der Waals surface area contributed by atoms with Crippen LogP contribution < -0.4 is 9.80 Å². The summed E-state index contributed by atoms with van der Waals surface area (Å²) in [6.45, 7) is 24.1. The van der Waals surface area contributed by atoms with Crippen LogP contribution in [0.2, 0.25) is 0 Å². The molecule has 0 aromatic heterocycles. The van der Waals surface area contributed by atoms with Crippen LogP contribution in [-0.4, -0.2) is 11.1 Å². The van der Waals surface area contributed by atoms with Crippen LogP contribution in [0.4, 0.5) is 22.7 Å². The minimum atomic E-state index is -0.00470. The fourth-order valence-corrected chi connectivity index (χ4v) is 15.3. The second kappa shape index (κ2) is 17.3. The molecule has 2 aliphatic carbocycles. The smallest absolute Gasteiger partial charge is 0.0517 e. The zero-order valence-electron chi connectivity index (χ0n) is 46.9. The van der Waals surface area contributed by atoms with Gasteiger partial charge in [0.1, 0.15) is 0 Å². The molecule has 0 bridgehead atoms. The van der Waals surface area contributed by atoms with Crippen molar-refractivity contribution in [3.63, 3.8) is 0 Å². The third-order valence-electron chi connectivity index (χ3n) is 20.1. The molecule has 4 aliphatic rings. The van der Waals surface area contributed by atoms with E-state index in [1.54, 1.807) is 0 Å². The van der Waals surface area contributed by atoms with Crippen molar-refractivity contribution in [1.82, 2.24) is 0 Å². The highest BCUT2D eigenvalue weighted by molar-refractivity contribution is 6.22. The largest absolute Gasteiger partial charge is 0.334 e. The molecule has 2 heterocycles. The first-order valence-electron chi connectivity index (χ1n) is 28.7. The van der Waals surface area contributed by atoms with E-state index in [1.807, 2.05) is 0 Å². The summed E-state index contributed by atoms with van der Waals surface area (Å²) in [5.74, 6) is 0. The van der Waals surface area contributed by atoms with Crippen LogP contribution in [-0.2, 0) is 21.7 Å². The summed E-state index contributed by atoms with van der Waals surface area (Å²) in [5.41, 5.74) is 21.3. The summed E-state index contributed by atoms with van der Waals surface area (Å²) in [7, 11) is 0. The Morgan fingerprint density at radius 2 is 0.658 bits per heavy atom. The number of nitrogens with zero attached hydrogens (tertiary/aromatic N) is 2. The van der Waals surface area contributed by atoms with Gasteiger partial charge in [0.25, 0.3) is 0 Å². The molecule has 2 saturated carbocycles. The van der Waals surface area contributed by atoms with E-state index in [9.17, 15) is 0 Å².